The number of aliphatic hydroxyl groups is 2. The number of likely N-dealkylation sites (N-methyl/N-ethyl adjacent to an activating group) is 1. The number of nitrogens with zero attached hydrogens (tertiary/aromatic N) is 2. The monoisotopic (exact) mass is 550 g/mol. The van der Waals surface area contributed by atoms with Crippen molar-refractivity contribution in [2.24, 2.45) is 0 Å². The zero-order chi connectivity index (χ0) is 28.5. The predicted octanol–water partition coefficient (Wildman–Crippen LogP) is 3.37. The minimum atomic E-state index is -1.03. The van der Waals surface area contributed by atoms with E-state index in [1.54, 1.807) is 28.0 Å². The molecule has 1 saturated carbocycles. The summed E-state index contributed by atoms with van der Waals surface area (Å²) in [6, 6.07) is 13.8. The zero-order valence-corrected chi connectivity index (χ0v) is 23.3. The molecular formula is C31H42N4O5. The molecule has 1 aliphatic heterocycles. The Labute approximate surface area is 236 Å². The van der Waals surface area contributed by atoms with Crippen LogP contribution >= 0.6 is 0 Å². The largest absolute Gasteiger partial charge is 0.392 e. The molecule has 9 nitrogen and oxygen atoms in total. The smallest absolute Gasteiger partial charge is 0.317 e. The van der Waals surface area contributed by atoms with E-state index < -0.39 is 18.1 Å². The van der Waals surface area contributed by atoms with Gasteiger partial charge in [-0.05, 0) is 61.9 Å². The van der Waals surface area contributed by atoms with Crippen LogP contribution in [-0.4, -0.2) is 70.8 Å². The van der Waals surface area contributed by atoms with Gasteiger partial charge in [-0.3, -0.25) is 9.59 Å². The first kappa shape index (κ1) is 29.6. The van der Waals surface area contributed by atoms with Crippen molar-refractivity contribution in [3.8, 4) is 0 Å². The number of rotatable bonds is 11. The molecule has 2 aromatic carbocycles. The summed E-state index contributed by atoms with van der Waals surface area (Å²) in [5, 5.41) is 27.3. The number of hydrogen-bond acceptors (Lipinski definition) is 5. The van der Waals surface area contributed by atoms with Crippen LogP contribution in [-0.2, 0) is 17.8 Å². The summed E-state index contributed by atoms with van der Waals surface area (Å²) in [6.45, 7) is 2.66. The van der Waals surface area contributed by atoms with Crippen molar-refractivity contribution >= 4 is 23.5 Å². The summed E-state index contributed by atoms with van der Waals surface area (Å²) in [5.41, 5.74) is 2.35. The minimum absolute atomic E-state index is 0.00927. The minimum Gasteiger partial charge on any atom is -0.392 e. The molecule has 2 aromatic rings. The zero-order valence-electron chi connectivity index (χ0n) is 23.3. The Kier molecular flexibility index (Phi) is 10.5. The van der Waals surface area contributed by atoms with Gasteiger partial charge in [-0.1, -0.05) is 49.6 Å². The van der Waals surface area contributed by atoms with Crippen LogP contribution in [0.25, 0.3) is 0 Å². The van der Waals surface area contributed by atoms with Crippen LogP contribution in [0.2, 0.25) is 0 Å². The predicted molar refractivity (Wildman–Crippen MR) is 154 cm³/mol. The average molecular weight is 551 g/mol. The van der Waals surface area contributed by atoms with Gasteiger partial charge in [0.1, 0.15) is 0 Å². The van der Waals surface area contributed by atoms with E-state index in [0.29, 0.717) is 42.7 Å². The first-order chi connectivity index (χ1) is 19.4. The fourth-order valence-corrected chi connectivity index (χ4v) is 5.60. The van der Waals surface area contributed by atoms with Crippen molar-refractivity contribution in [1.82, 2.24) is 15.5 Å². The molecule has 9 heteroatoms. The van der Waals surface area contributed by atoms with Crippen molar-refractivity contribution in [1.29, 1.82) is 0 Å². The molecular weight excluding hydrogens is 508 g/mol. The summed E-state index contributed by atoms with van der Waals surface area (Å²) in [6.07, 6.45) is 5.89. The van der Waals surface area contributed by atoms with Gasteiger partial charge in [0, 0.05) is 36.8 Å². The molecule has 4 N–H and O–H groups in total. The maximum Gasteiger partial charge on any atom is 0.317 e. The maximum absolute atomic E-state index is 13.5. The first-order valence-electron chi connectivity index (χ1n) is 14.5. The number of urea groups is 1. The highest BCUT2D eigenvalue weighted by Gasteiger charge is 2.28. The third kappa shape index (κ3) is 7.82. The van der Waals surface area contributed by atoms with Crippen LogP contribution < -0.4 is 15.5 Å². The molecule has 216 valence electrons. The van der Waals surface area contributed by atoms with Gasteiger partial charge in [0.05, 0.1) is 25.3 Å². The van der Waals surface area contributed by atoms with E-state index in [1.165, 1.54) is 6.42 Å². The fraction of sp³-hybridized carbons (Fsp3) is 0.516. The molecule has 2 fully saturated rings. The number of amides is 4. The number of hydrogen-bond donors (Lipinski definition) is 4. The third-order valence-corrected chi connectivity index (χ3v) is 7.90. The second-order valence-corrected chi connectivity index (χ2v) is 10.9. The Hall–Kier alpha value is -3.43. The van der Waals surface area contributed by atoms with Crippen molar-refractivity contribution < 1.29 is 24.6 Å². The van der Waals surface area contributed by atoms with Crippen LogP contribution in [0.3, 0.4) is 0 Å². The summed E-state index contributed by atoms with van der Waals surface area (Å²) in [5.74, 6) is -0.428. The number of anilines is 1. The Morgan fingerprint density at radius 3 is 2.45 bits per heavy atom. The number of nitrogens with one attached hydrogen (secondary N) is 2. The standard InChI is InChI=1S/C31H42N4O5/c1-2-34(31(40)32-25-12-7-4-8-13-25)20-28(37)27(18-22-10-5-3-6-11-22)33-30(39)24-16-23(21-36)17-26(19-24)35-15-9-14-29(35)38/h3,5-6,10-11,16-17,19,25,27-28,36-37H,2,4,7-9,12-15,18,20-21H2,1H3,(H,32,40)(H,33,39)/t27-,28-/m0/s1. The lowest BCUT2D eigenvalue weighted by Gasteiger charge is -2.32. The van der Waals surface area contributed by atoms with E-state index >= 15 is 0 Å². The van der Waals surface area contributed by atoms with Gasteiger partial charge in [-0.15, -0.1) is 0 Å². The lowest BCUT2D eigenvalue weighted by molar-refractivity contribution is -0.117. The summed E-state index contributed by atoms with van der Waals surface area (Å²) >= 11 is 0. The number of carbonyl (C=O) groups excluding carboxylic acids is 3. The van der Waals surface area contributed by atoms with Crippen LogP contribution in [0.5, 0.6) is 0 Å². The highest BCUT2D eigenvalue weighted by atomic mass is 16.3. The Bertz CT molecular complexity index is 1150. The molecule has 0 bridgehead atoms. The number of benzene rings is 2. The van der Waals surface area contributed by atoms with E-state index in [-0.39, 0.29) is 31.1 Å². The van der Waals surface area contributed by atoms with Crippen molar-refractivity contribution in [2.45, 2.75) is 83.1 Å². The molecule has 1 saturated heterocycles. The van der Waals surface area contributed by atoms with Gasteiger partial charge in [0.25, 0.3) is 5.91 Å². The lowest BCUT2D eigenvalue weighted by Crippen LogP contribution is -2.53. The van der Waals surface area contributed by atoms with Gasteiger partial charge in [-0.2, -0.15) is 0 Å². The first-order valence-corrected chi connectivity index (χ1v) is 14.5. The molecule has 0 radical (unpaired) electrons. The average Bonchev–Trinajstić information content (AvgIpc) is 3.41. The van der Waals surface area contributed by atoms with Crippen LogP contribution in [0.4, 0.5) is 10.5 Å². The van der Waals surface area contributed by atoms with Gasteiger partial charge in [0.2, 0.25) is 5.91 Å². The van der Waals surface area contributed by atoms with Crippen molar-refractivity contribution in [2.75, 3.05) is 24.5 Å². The SMILES string of the molecule is CCN(C[C@H](O)[C@H](Cc1ccccc1)NC(=O)c1cc(CO)cc(N2CCCC2=O)c1)C(=O)NC1CCCCC1. The molecule has 4 amide bonds. The Morgan fingerprint density at radius 1 is 1.05 bits per heavy atom. The number of carbonyl (C=O) groups is 3. The van der Waals surface area contributed by atoms with Gasteiger partial charge in [0.15, 0.2) is 0 Å². The van der Waals surface area contributed by atoms with Crippen molar-refractivity contribution in [3.63, 3.8) is 0 Å². The second kappa shape index (κ2) is 14.3. The van der Waals surface area contributed by atoms with E-state index in [2.05, 4.69) is 10.6 Å². The second-order valence-electron chi connectivity index (χ2n) is 10.9. The molecule has 4 rings (SSSR count). The molecule has 2 aliphatic rings. The summed E-state index contributed by atoms with van der Waals surface area (Å²) < 4.78 is 0. The lowest BCUT2D eigenvalue weighted by atomic mass is 9.96. The molecule has 0 spiro atoms. The normalized spacial score (nSPS) is 17.4. The van der Waals surface area contributed by atoms with E-state index in [1.807, 2.05) is 37.3 Å². The van der Waals surface area contributed by atoms with Gasteiger partial charge >= 0.3 is 6.03 Å². The van der Waals surface area contributed by atoms with Crippen LogP contribution in [0, 0.1) is 0 Å². The molecule has 1 aliphatic carbocycles. The number of aliphatic hydroxyl groups excluding tert-OH is 2. The Balaban J connectivity index is 1.51. The molecule has 40 heavy (non-hydrogen) atoms. The highest BCUT2D eigenvalue weighted by molar-refractivity contribution is 5.99. The topological polar surface area (TPSA) is 122 Å². The fourth-order valence-electron chi connectivity index (χ4n) is 5.60. The molecule has 0 unspecified atom stereocenters. The van der Waals surface area contributed by atoms with E-state index in [9.17, 15) is 24.6 Å². The van der Waals surface area contributed by atoms with Gasteiger partial charge in [-0.25, -0.2) is 4.79 Å². The van der Waals surface area contributed by atoms with E-state index in [4.69, 9.17) is 0 Å². The Morgan fingerprint density at radius 2 is 1.80 bits per heavy atom. The third-order valence-electron chi connectivity index (χ3n) is 7.90. The molecule has 1 heterocycles. The summed E-state index contributed by atoms with van der Waals surface area (Å²) in [4.78, 5) is 42.1. The molecule has 0 aromatic heterocycles. The molecule has 2 atom stereocenters. The van der Waals surface area contributed by atoms with Gasteiger partial charge < -0.3 is 30.6 Å². The summed E-state index contributed by atoms with van der Waals surface area (Å²) in [7, 11) is 0. The highest BCUT2D eigenvalue weighted by Crippen LogP contribution is 2.25. The van der Waals surface area contributed by atoms with Crippen LogP contribution in [0.1, 0.15) is 73.4 Å². The van der Waals surface area contributed by atoms with E-state index in [0.717, 1.165) is 37.7 Å². The van der Waals surface area contributed by atoms with Crippen LogP contribution in [0.15, 0.2) is 48.5 Å². The quantitative estimate of drug-likeness (QED) is 0.342. The van der Waals surface area contributed by atoms with Crippen molar-refractivity contribution in [3.05, 3.63) is 65.2 Å². The maximum atomic E-state index is 13.5.